The zero-order valence-corrected chi connectivity index (χ0v) is 14.0. The van der Waals surface area contributed by atoms with Crippen LogP contribution in [0.15, 0.2) is 30.5 Å². The van der Waals surface area contributed by atoms with E-state index in [0.29, 0.717) is 10.9 Å². The maximum Gasteiger partial charge on any atom is 0.294 e. The molecule has 0 spiro atoms. The van der Waals surface area contributed by atoms with Crippen LogP contribution in [-0.2, 0) is 16.1 Å². The fourth-order valence-corrected chi connectivity index (χ4v) is 3.09. The molecule has 0 atom stereocenters. The van der Waals surface area contributed by atoms with Gasteiger partial charge in [0.1, 0.15) is 6.54 Å². The van der Waals surface area contributed by atoms with E-state index in [1.165, 1.54) is 4.90 Å². The van der Waals surface area contributed by atoms with Gasteiger partial charge in [-0.1, -0.05) is 18.2 Å². The minimum Gasteiger partial charge on any atom is -0.342 e. The van der Waals surface area contributed by atoms with Crippen molar-refractivity contribution in [1.29, 1.82) is 0 Å². The highest BCUT2D eigenvalue weighted by Crippen LogP contribution is 2.23. The third-order valence-corrected chi connectivity index (χ3v) is 4.40. The smallest absolute Gasteiger partial charge is 0.294 e. The van der Waals surface area contributed by atoms with Gasteiger partial charge >= 0.3 is 0 Å². The minimum absolute atomic E-state index is 0.0474. The van der Waals surface area contributed by atoms with Crippen LogP contribution in [0.5, 0.6) is 0 Å². The quantitative estimate of drug-likeness (QED) is 0.632. The molecule has 1 fully saturated rings. The van der Waals surface area contributed by atoms with Gasteiger partial charge in [0.15, 0.2) is 0 Å². The lowest BCUT2D eigenvalue weighted by atomic mass is 10.1. The number of amides is 2. The van der Waals surface area contributed by atoms with Gasteiger partial charge in [-0.05, 0) is 18.9 Å². The first kappa shape index (κ1) is 16.2. The highest BCUT2D eigenvalue weighted by Gasteiger charge is 2.24. The summed E-state index contributed by atoms with van der Waals surface area (Å²) in [6.07, 6.45) is 3.71. The van der Waals surface area contributed by atoms with Gasteiger partial charge < -0.3 is 14.4 Å². The number of nitrogens with zero attached hydrogens (tertiary/aromatic N) is 3. The molecule has 0 N–H and O–H groups in total. The van der Waals surface area contributed by atoms with E-state index in [2.05, 4.69) is 0 Å². The van der Waals surface area contributed by atoms with Gasteiger partial charge in [-0.2, -0.15) is 0 Å². The van der Waals surface area contributed by atoms with Crippen molar-refractivity contribution in [2.75, 3.05) is 27.2 Å². The van der Waals surface area contributed by atoms with Crippen LogP contribution in [0.4, 0.5) is 0 Å². The first-order valence-electron chi connectivity index (χ1n) is 8.10. The van der Waals surface area contributed by atoms with Gasteiger partial charge in [0.05, 0.1) is 5.56 Å². The highest BCUT2D eigenvalue weighted by atomic mass is 16.2. The van der Waals surface area contributed by atoms with Crippen LogP contribution in [-0.4, -0.2) is 59.1 Å². The Kier molecular flexibility index (Phi) is 4.38. The molecule has 1 aliphatic heterocycles. The zero-order chi connectivity index (χ0) is 17.3. The van der Waals surface area contributed by atoms with Crippen LogP contribution in [0.3, 0.4) is 0 Å². The molecule has 3 rings (SSSR count). The Bertz CT molecular complexity index is 801. The van der Waals surface area contributed by atoms with Crippen LogP contribution < -0.4 is 0 Å². The SMILES string of the molecule is CN(C)C(=O)C(=O)c1cn(CC(=O)N2CCCC2)c2ccccc12. The summed E-state index contributed by atoms with van der Waals surface area (Å²) in [6.45, 7) is 1.77. The summed E-state index contributed by atoms with van der Waals surface area (Å²) < 4.78 is 1.77. The summed E-state index contributed by atoms with van der Waals surface area (Å²) in [7, 11) is 3.10. The topological polar surface area (TPSA) is 62.6 Å². The maximum absolute atomic E-state index is 12.5. The van der Waals surface area contributed by atoms with E-state index >= 15 is 0 Å². The molecule has 0 saturated carbocycles. The molecule has 6 heteroatoms. The summed E-state index contributed by atoms with van der Waals surface area (Å²) >= 11 is 0. The van der Waals surface area contributed by atoms with Crippen LogP contribution in [0.1, 0.15) is 23.2 Å². The van der Waals surface area contributed by atoms with Gasteiger partial charge in [0, 0.05) is 44.3 Å². The van der Waals surface area contributed by atoms with Crippen molar-refractivity contribution in [1.82, 2.24) is 14.4 Å². The fourth-order valence-electron chi connectivity index (χ4n) is 3.09. The summed E-state index contributed by atoms with van der Waals surface area (Å²) in [4.78, 5) is 40.0. The third kappa shape index (κ3) is 2.91. The van der Waals surface area contributed by atoms with Gasteiger partial charge in [0.2, 0.25) is 5.91 Å². The Balaban J connectivity index is 1.96. The molecule has 1 aromatic carbocycles. The molecule has 2 amide bonds. The standard InChI is InChI=1S/C18H21N3O3/c1-19(2)18(24)17(23)14-11-21(15-8-4-3-7-13(14)15)12-16(22)20-9-5-6-10-20/h3-4,7-8,11H,5-6,9-10,12H2,1-2H3. The second kappa shape index (κ2) is 6.47. The molecule has 2 heterocycles. The van der Waals surface area contributed by atoms with E-state index in [4.69, 9.17) is 0 Å². The fraction of sp³-hybridized carbons (Fsp3) is 0.389. The first-order chi connectivity index (χ1) is 11.5. The largest absolute Gasteiger partial charge is 0.342 e. The van der Waals surface area contributed by atoms with Crippen molar-refractivity contribution < 1.29 is 14.4 Å². The number of fused-ring (bicyclic) bond motifs is 1. The van der Waals surface area contributed by atoms with Gasteiger partial charge in [0.25, 0.3) is 11.7 Å². The van der Waals surface area contributed by atoms with Crippen LogP contribution in [0.25, 0.3) is 10.9 Å². The predicted octanol–water partition coefficient (Wildman–Crippen LogP) is 1.53. The summed E-state index contributed by atoms with van der Waals surface area (Å²) in [5.41, 5.74) is 1.14. The van der Waals surface area contributed by atoms with E-state index in [0.717, 1.165) is 31.4 Å². The molecule has 0 aliphatic carbocycles. The molecule has 1 saturated heterocycles. The van der Waals surface area contributed by atoms with E-state index in [1.54, 1.807) is 24.9 Å². The van der Waals surface area contributed by atoms with Crippen molar-refractivity contribution >= 4 is 28.5 Å². The maximum atomic E-state index is 12.5. The lowest BCUT2D eigenvalue weighted by Crippen LogP contribution is -2.31. The van der Waals surface area contributed by atoms with Crippen molar-refractivity contribution in [3.8, 4) is 0 Å². The number of hydrogen-bond acceptors (Lipinski definition) is 3. The second-order valence-electron chi connectivity index (χ2n) is 6.30. The highest BCUT2D eigenvalue weighted by molar-refractivity contribution is 6.44. The average Bonchev–Trinajstić information content (AvgIpc) is 3.22. The molecule has 0 unspecified atom stereocenters. The Morgan fingerprint density at radius 2 is 1.75 bits per heavy atom. The summed E-state index contributed by atoms with van der Waals surface area (Å²) in [5.74, 6) is -1.07. The summed E-state index contributed by atoms with van der Waals surface area (Å²) in [6, 6.07) is 7.36. The number of carbonyl (C=O) groups is 3. The molecule has 6 nitrogen and oxygen atoms in total. The average molecular weight is 327 g/mol. The number of carbonyl (C=O) groups excluding carboxylic acids is 3. The third-order valence-electron chi connectivity index (χ3n) is 4.40. The molecule has 0 bridgehead atoms. The number of para-hydroxylation sites is 1. The molecule has 126 valence electrons. The number of hydrogen-bond donors (Lipinski definition) is 0. The molecule has 1 aliphatic rings. The van der Waals surface area contributed by atoms with Gasteiger partial charge in [-0.3, -0.25) is 14.4 Å². The number of rotatable bonds is 4. The minimum atomic E-state index is -0.566. The Labute approximate surface area is 140 Å². The molecule has 1 aromatic heterocycles. The second-order valence-corrected chi connectivity index (χ2v) is 6.30. The number of likely N-dealkylation sites (tertiary alicyclic amines) is 1. The van der Waals surface area contributed by atoms with Crippen molar-refractivity contribution in [2.45, 2.75) is 19.4 Å². The van der Waals surface area contributed by atoms with Gasteiger partial charge in [-0.25, -0.2) is 0 Å². The number of aromatic nitrogens is 1. The number of likely N-dealkylation sites (N-methyl/N-ethyl adjacent to an activating group) is 1. The van der Waals surface area contributed by atoms with E-state index in [-0.39, 0.29) is 12.5 Å². The normalized spacial score (nSPS) is 14.2. The number of benzene rings is 1. The number of ketones is 1. The van der Waals surface area contributed by atoms with Crippen molar-refractivity contribution in [3.63, 3.8) is 0 Å². The van der Waals surface area contributed by atoms with E-state index in [1.807, 2.05) is 29.2 Å². The Morgan fingerprint density at radius 1 is 1.08 bits per heavy atom. The van der Waals surface area contributed by atoms with Crippen LogP contribution in [0.2, 0.25) is 0 Å². The predicted molar refractivity (Wildman–Crippen MR) is 90.8 cm³/mol. The lowest BCUT2D eigenvalue weighted by Gasteiger charge is -2.16. The first-order valence-corrected chi connectivity index (χ1v) is 8.10. The number of Topliss-reactive ketones (excluding diaryl/α,β-unsaturated/α-hetero) is 1. The van der Waals surface area contributed by atoms with Crippen LogP contribution in [0, 0.1) is 0 Å². The molecule has 2 aromatic rings. The van der Waals surface area contributed by atoms with Crippen LogP contribution >= 0.6 is 0 Å². The Morgan fingerprint density at radius 3 is 2.42 bits per heavy atom. The zero-order valence-electron chi connectivity index (χ0n) is 14.0. The molecular formula is C18H21N3O3. The molecule has 24 heavy (non-hydrogen) atoms. The van der Waals surface area contributed by atoms with E-state index in [9.17, 15) is 14.4 Å². The molecule has 0 radical (unpaired) electrons. The Hall–Kier alpha value is -2.63. The van der Waals surface area contributed by atoms with E-state index < -0.39 is 11.7 Å². The van der Waals surface area contributed by atoms with Crippen molar-refractivity contribution in [2.24, 2.45) is 0 Å². The molecular weight excluding hydrogens is 306 g/mol. The lowest BCUT2D eigenvalue weighted by molar-refractivity contribution is -0.130. The summed E-state index contributed by atoms with van der Waals surface area (Å²) in [5, 5.41) is 0.701. The van der Waals surface area contributed by atoms with Crippen molar-refractivity contribution in [3.05, 3.63) is 36.0 Å². The monoisotopic (exact) mass is 327 g/mol. The van der Waals surface area contributed by atoms with Gasteiger partial charge in [-0.15, -0.1) is 0 Å².